The maximum atomic E-state index is 11.7. The molecular weight excluding hydrogens is 276 g/mol. The molecule has 0 fully saturated rings. The molecular formula is C15H16O6. The lowest BCUT2D eigenvalue weighted by atomic mass is 9.95. The number of carbonyl (C=O) groups excluding carboxylic acids is 2. The van der Waals surface area contributed by atoms with Gasteiger partial charge in [0, 0.05) is 12.0 Å². The summed E-state index contributed by atoms with van der Waals surface area (Å²) in [5.74, 6) is -1.91. The number of benzene rings is 1. The first-order valence-electron chi connectivity index (χ1n) is 6.42. The molecule has 6 heteroatoms. The molecule has 0 saturated heterocycles. The molecule has 0 aliphatic carbocycles. The second kappa shape index (κ2) is 5.12. The molecule has 1 aliphatic heterocycles. The van der Waals surface area contributed by atoms with Gasteiger partial charge in [0.1, 0.15) is 17.3 Å². The van der Waals surface area contributed by atoms with Gasteiger partial charge >= 0.3 is 5.97 Å². The molecule has 1 aliphatic rings. The van der Waals surface area contributed by atoms with Crippen molar-refractivity contribution in [3.63, 3.8) is 0 Å². The number of hydrogen-bond donors (Lipinski definition) is 3. The fourth-order valence-corrected chi connectivity index (χ4v) is 2.28. The molecule has 1 aromatic rings. The third kappa shape index (κ3) is 2.44. The van der Waals surface area contributed by atoms with E-state index >= 15 is 0 Å². The van der Waals surface area contributed by atoms with Gasteiger partial charge in [0.15, 0.2) is 11.9 Å². The molecule has 3 N–H and O–H groups in total. The van der Waals surface area contributed by atoms with Crippen LogP contribution < -0.4 is 0 Å². The van der Waals surface area contributed by atoms with Crippen molar-refractivity contribution >= 4 is 11.8 Å². The highest BCUT2D eigenvalue weighted by Gasteiger charge is 2.32. The Morgan fingerprint density at radius 2 is 1.90 bits per heavy atom. The number of hydrogen-bond acceptors (Lipinski definition) is 6. The maximum Gasteiger partial charge on any atom is 0.338 e. The normalized spacial score (nSPS) is 18.0. The standard InChI is InChI=1S/C15H16O6/c1-6-4-9(7(2)16)14(19)10(12(6)17)5-11-13(18)8(3)21-15(11)20/h4,8,17-19H,5H2,1-3H3/t8-/m1/s1. The topological polar surface area (TPSA) is 104 Å². The minimum atomic E-state index is -0.756. The van der Waals surface area contributed by atoms with E-state index in [2.05, 4.69) is 0 Å². The van der Waals surface area contributed by atoms with Gasteiger partial charge in [0.05, 0.1) is 11.1 Å². The quantitative estimate of drug-likeness (QED) is 0.580. The third-order valence-electron chi connectivity index (χ3n) is 3.52. The minimum absolute atomic E-state index is 0.0211. The van der Waals surface area contributed by atoms with E-state index in [4.69, 9.17) is 4.74 Å². The van der Waals surface area contributed by atoms with Crippen LogP contribution in [-0.2, 0) is 16.0 Å². The second-order valence-corrected chi connectivity index (χ2v) is 5.06. The van der Waals surface area contributed by atoms with E-state index in [0.717, 1.165) is 0 Å². The van der Waals surface area contributed by atoms with Crippen molar-refractivity contribution in [1.29, 1.82) is 0 Å². The first-order chi connectivity index (χ1) is 9.73. The van der Waals surface area contributed by atoms with E-state index in [9.17, 15) is 24.9 Å². The van der Waals surface area contributed by atoms with Crippen molar-refractivity contribution in [3.05, 3.63) is 34.1 Å². The zero-order valence-corrected chi connectivity index (χ0v) is 11.9. The first kappa shape index (κ1) is 14.9. The predicted molar refractivity (Wildman–Crippen MR) is 73.4 cm³/mol. The number of rotatable bonds is 3. The van der Waals surface area contributed by atoms with Crippen molar-refractivity contribution in [2.75, 3.05) is 0 Å². The van der Waals surface area contributed by atoms with Gasteiger partial charge in [-0.2, -0.15) is 0 Å². The molecule has 2 rings (SSSR count). The Kier molecular flexibility index (Phi) is 3.63. The fourth-order valence-electron chi connectivity index (χ4n) is 2.28. The molecule has 1 atom stereocenters. The molecule has 112 valence electrons. The summed E-state index contributed by atoms with van der Waals surface area (Å²) in [6.45, 7) is 4.38. The lowest BCUT2D eigenvalue weighted by molar-refractivity contribution is -0.139. The third-order valence-corrected chi connectivity index (χ3v) is 3.52. The number of phenols is 2. The largest absolute Gasteiger partial charge is 0.508 e. The summed E-state index contributed by atoms with van der Waals surface area (Å²) < 4.78 is 4.85. The van der Waals surface area contributed by atoms with Gasteiger partial charge in [-0.3, -0.25) is 4.79 Å². The molecule has 0 amide bonds. The number of esters is 1. The van der Waals surface area contributed by atoms with Crippen LogP contribution in [0.15, 0.2) is 17.4 Å². The van der Waals surface area contributed by atoms with Crippen LogP contribution >= 0.6 is 0 Å². The number of aromatic hydroxyl groups is 2. The van der Waals surface area contributed by atoms with Crippen molar-refractivity contribution < 1.29 is 29.6 Å². The summed E-state index contributed by atoms with van der Waals surface area (Å²) in [5.41, 5.74) is 0.438. The van der Waals surface area contributed by atoms with Crippen molar-refractivity contribution in [1.82, 2.24) is 0 Å². The molecule has 0 saturated carbocycles. The summed E-state index contributed by atoms with van der Waals surface area (Å²) in [6, 6.07) is 1.38. The van der Waals surface area contributed by atoms with Gasteiger partial charge in [-0.25, -0.2) is 4.79 Å². The van der Waals surface area contributed by atoms with Crippen LogP contribution in [0.5, 0.6) is 11.5 Å². The van der Waals surface area contributed by atoms with E-state index < -0.39 is 17.8 Å². The zero-order chi connectivity index (χ0) is 15.9. The molecule has 1 heterocycles. The van der Waals surface area contributed by atoms with Crippen molar-refractivity contribution in [3.8, 4) is 11.5 Å². The van der Waals surface area contributed by atoms with Crippen LogP contribution in [0, 0.1) is 6.92 Å². The van der Waals surface area contributed by atoms with Crippen LogP contribution in [0.2, 0.25) is 0 Å². The monoisotopic (exact) mass is 292 g/mol. The Bertz CT molecular complexity index is 671. The molecule has 21 heavy (non-hydrogen) atoms. The summed E-state index contributed by atoms with van der Waals surface area (Å²) >= 11 is 0. The van der Waals surface area contributed by atoms with Gasteiger partial charge in [-0.1, -0.05) is 0 Å². The number of carbonyl (C=O) groups is 2. The SMILES string of the molecule is CC(=O)c1cc(C)c(O)c(CC2=C(O)[C@@H](C)OC2=O)c1O. The second-order valence-electron chi connectivity index (χ2n) is 5.06. The van der Waals surface area contributed by atoms with E-state index in [0.29, 0.717) is 5.56 Å². The minimum Gasteiger partial charge on any atom is -0.508 e. The Morgan fingerprint density at radius 3 is 2.38 bits per heavy atom. The summed E-state index contributed by atoms with van der Waals surface area (Å²) in [7, 11) is 0. The van der Waals surface area contributed by atoms with Crippen LogP contribution in [0.4, 0.5) is 0 Å². The highest BCUT2D eigenvalue weighted by molar-refractivity contribution is 5.98. The number of aliphatic hydroxyl groups excluding tert-OH is 1. The number of phenolic OH excluding ortho intramolecular Hbond substituents is 2. The fraction of sp³-hybridized carbons (Fsp3) is 0.333. The van der Waals surface area contributed by atoms with Gasteiger partial charge in [0.2, 0.25) is 0 Å². The van der Waals surface area contributed by atoms with Gasteiger partial charge in [0.25, 0.3) is 0 Å². The van der Waals surface area contributed by atoms with E-state index in [1.165, 1.54) is 19.9 Å². The molecule has 0 spiro atoms. The summed E-state index contributed by atoms with van der Waals surface area (Å²) in [6.07, 6.45) is -0.969. The van der Waals surface area contributed by atoms with E-state index in [1.54, 1.807) is 6.92 Å². The zero-order valence-electron chi connectivity index (χ0n) is 11.9. The van der Waals surface area contributed by atoms with Gasteiger partial charge < -0.3 is 20.1 Å². The van der Waals surface area contributed by atoms with Crippen LogP contribution in [-0.4, -0.2) is 33.2 Å². The smallest absolute Gasteiger partial charge is 0.338 e. The maximum absolute atomic E-state index is 11.7. The number of ketones is 1. The molecule has 0 bridgehead atoms. The van der Waals surface area contributed by atoms with E-state index in [1.807, 2.05) is 0 Å². The average Bonchev–Trinajstić information content (AvgIpc) is 2.64. The summed E-state index contributed by atoms with van der Waals surface area (Å²) in [4.78, 5) is 23.2. The highest BCUT2D eigenvalue weighted by Crippen LogP contribution is 2.37. The van der Waals surface area contributed by atoms with Gasteiger partial charge in [-0.05, 0) is 32.4 Å². The Balaban J connectivity index is 2.55. The molecule has 0 unspecified atom stereocenters. The Labute approximate surface area is 121 Å². The predicted octanol–water partition coefficient (Wildman–Crippen LogP) is 1.91. The number of cyclic esters (lactones) is 1. The molecule has 1 aromatic carbocycles. The first-order valence-corrected chi connectivity index (χ1v) is 6.42. The molecule has 6 nitrogen and oxygen atoms in total. The number of ether oxygens (including phenoxy) is 1. The summed E-state index contributed by atoms with van der Waals surface area (Å²) in [5, 5.41) is 30.0. The Morgan fingerprint density at radius 1 is 1.29 bits per heavy atom. The van der Waals surface area contributed by atoms with Gasteiger partial charge in [-0.15, -0.1) is 0 Å². The van der Waals surface area contributed by atoms with Crippen molar-refractivity contribution in [2.24, 2.45) is 0 Å². The van der Waals surface area contributed by atoms with Crippen LogP contribution in [0.3, 0.4) is 0 Å². The number of Topliss-reactive ketones (excluding diaryl/α,β-unsaturated/α-hetero) is 1. The lowest BCUT2D eigenvalue weighted by Gasteiger charge is -2.12. The van der Waals surface area contributed by atoms with Crippen LogP contribution in [0.25, 0.3) is 0 Å². The highest BCUT2D eigenvalue weighted by atomic mass is 16.6. The average molecular weight is 292 g/mol. The van der Waals surface area contributed by atoms with E-state index in [-0.39, 0.29) is 40.4 Å². The van der Waals surface area contributed by atoms with Crippen LogP contribution in [0.1, 0.15) is 35.3 Å². The number of aryl methyl sites for hydroxylation is 1. The Hall–Kier alpha value is -2.50. The lowest BCUT2D eigenvalue weighted by Crippen LogP contribution is -2.06. The number of aliphatic hydroxyl groups is 1. The molecule has 0 aromatic heterocycles. The van der Waals surface area contributed by atoms with Crippen molar-refractivity contribution in [2.45, 2.75) is 33.3 Å². The molecule has 0 radical (unpaired) electrons.